The summed E-state index contributed by atoms with van der Waals surface area (Å²) in [7, 11) is 0. The maximum Gasteiger partial charge on any atom is 0.325 e. The molecule has 1 aromatic carbocycles. The molecule has 164 valence electrons. The van der Waals surface area contributed by atoms with Crippen molar-refractivity contribution >= 4 is 35.5 Å². The van der Waals surface area contributed by atoms with Gasteiger partial charge in [0.05, 0.1) is 0 Å². The number of carbonyl (C=O) groups excluding carboxylic acids is 5. The molecule has 3 fully saturated rings. The van der Waals surface area contributed by atoms with E-state index >= 15 is 0 Å². The van der Waals surface area contributed by atoms with Crippen LogP contribution in [0.15, 0.2) is 24.3 Å². The van der Waals surface area contributed by atoms with Crippen LogP contribution >= 0.6 is 0 Å². The Labute approximate surface area is 179 Å². The van der Waals surface area contributed by atoms with Crippen molar-refractivity contribution < 1.29 is 24.0 Å². The lowest BCUT2D eigenvalue weighted by molar-refractivity contribution is -0.132. The molecule has 2 saturated heterocycles. The molecule has 0 unspecified atom stereocenters. The van der Waals surface area contributed by atoms with Crippen LogP contribution in [0.2, 0.25) is 0 Å². The zero-order chi connectivity index (χ0) is 22.2. The molecule has 2 heterocycles. The minimum absolute atomic E-state index is 0.00583. The summed E-state index contributed by atoms with van der Waals surface area (Å²) in [5, 5.41) is 10.3. The zero-order valence-electron chi connectivity index (χ0n) is 17.2. The van der Waals surface area contributed by atoms with Crippen molar-refractivity contribution in [2.45, 2.75) is 56.5 Å². The standard InChI is InChI=1S/C21H25N5O5/c1-20(16(28)23-18(30)24-20)13-6-5-7-14(12-13)22-15(27)8-11-26-17(29)21(25-19(26)31)9-3-2-4-10-21/h5-7,12H,2-4,8-11H2,1H3,(H,22,27)(H,25,31)(H2,23,24,28,30)/t20-/m0/s1. The van der Waals surface area contributed by atoms with E-state index in [0.717, 1.165) is 24.2 Å². The molecule has 31 heavy (non-hydrogen) atoms. The molecule has 7 amide bonds. The highest BCUT2D eigenvalue weighted by molar-refractivity contribution is 6.08. The van der Waals surface area contributed by atoms with Crippen LogP contribution in [0.5, 0.6) is 0 Å². The second kappa shape index (κ2) is 7.68. The van der Waals surface area contributed by atoms with E-state index in [2.05, 4.69) is 21.3 Å². The molecule has 10 nitrogen and oxygen atoms in total. The van der Waals surface area contributed by atoms with Crippen LogP contribution in [0.25, 0.3) is 0 Å². The molecule has 0 bridgehead atoms. The molecular weight excluding hydrogens is 402 g/mol. The van der Waals surface area contributed by atoms with Gasteiger partial charge in [0.25, 0.3) is 11.8 Å². The van der Waals surface area contributed by atoms with Gasteiger partial charge in [-0.3, -0.25) is 24.6 Å². The maximum atomic E-state index is 12.8. The van der Waals surface area contributed by atoms with E-state index < -0.39 is 29.0 Å². The average Bonchev–Trinajstić information content (AvgIpc) is 3.13. The molecule has 1 spiro atoms. The van der Waals surface area contributed by atoms with Crippen LogP contribution < -0.4 is 21.3 Å². The largest absolute Gasteiger partial charge is 0.326 e. The molecule has 0 radical (unpaired) electrons. The lowest BCUT2D eigenvalue weighted by Crippen LogP contribution is -2.48. The highest BCUT2D eigenvalue weighted by Crippen LogP contribution is 2.33. The van der Waals surface area contributed by atoms with E-state index in [0.29, 0.717) is 24.1 Å². The van der Waals surface area contributed by atoms with Gasteiger partial charge in [0.15, 0.2) is 0 Å². The number of nitrogens with zero attached hydrogens (tertiary/aromatic N) is 1. The quantitative estimate of drug-likeness (QED) is 0.526. The topological polar surface area (TPSA) is 137 Å². The van der Waals surface area contributed by atoms with Gasteiger partial charge in [-0.2, -0.15) is 0 Å². The number of carbonyl (C=O) groups is 5. The van der Waals surface area contributed by atoms with Crippen molar-refractivity contribution in [3.8, 4) is 0 Å². The number of benzene rings is 1. The second-order valence-corrected chi connectivity index (χ2v) is 8.44. The monoisotopic (exact) mass is 427 g/mol. The fraction of sp³-hybridized carbons (Fsp3) is 0.476. The summed E-state index contributed by atoms with van der Waals surface area (Å²) in [6, 6.07) is 5.58. The highest BCUT2D eigenvalue weighted by Gasteiger charge is 2.51. The van der Waals surface area contributed by atoms with Gasteiger partial charge in [0.1, 0.15) is 11.1 Å². The lowest BCUT2D eigenvalue weighted by atomic mass is 9.82. The Morgan fingerprint density at radius 1 is 1.10 bits per heavy atom. The van der Waals surface area contributed by atoms with Gasteiger partial charge in [0.2, 0.25) is 5.91 Å². The van der Waals surface area contributed by atoms with Gasteiger partial charge in [0, 0.05) is 18.7 Å². The molecule has 1 saturated carbocycles. The van der Waals surface area contributed by atoms with Crippen LogP contribution in [0.1, 0.15) is 51.0 Å². The van der Waals surface area contributed by atoms with E-state index in [9.17, 15) is 24.0 Å². The second-order valence-electron chi connectivity index (χ2n) is 8.44. The van der Waals surface area contributed by atoms with E-state index in [1.807, 2.05) is 0 Å². The third-order valence-corrected chi connectivity index (χ3v) is 6.28. The summed E-state index contributed by atoms with van der Waals surface area (Å²) in [6.45, 7) is 1.57. The fourth-order valence-electron chi connectivity index (χ4n) is 4.46. The highest BCUT2D eigenvalue weighted by atomic mass is 16.2. The van der Waals surface area contributed by atoms with E-state index in [-0.39, 0.29) is 24.8 Å². The van der Waals surface area contributed by atoms with Gasteiger partial charge >= 0.3 is 12.1 Å². The summed E-state index contributed by atoms with van der Waals surface area (Å²) in [5.41, 5.74) is -1.07. The summed E-state index contributed by atoms with van der Waals surface area (Å²) < 4.78 is 0. The fourth-order valence-corrected chi connectivity index (χ4v) is 4.46. The normalized spacial score (nSPS) is 24.7. The Morgan fingerprint density at radius 3 is 2.52 bits per heavy atom. The molecule has 1 atom stereocenters. The van der Waals surface area contributed by atoms with Crippen molar-refractivity contribution in [1.82, 2.24) is 20.9 Å². The summed E-state index contributed by atoms with van der Waals surface area (Å²) >= 11 is 0. The minimum Gasteiger partial charge on any atom is -0.326 e. The van der Waals surface area contributed by atoms with Gasteiger partial charge < -0.3 is 16.0 Å². The molecule has 10 heteroatoms. The van der Waals surface area contributed by atoms with Crippen molar-refractivity contribution in [2.24, 2.45) is 0 Å². The summed E-state index contributed by atoms with van der Waals surface area (Å²) in [6.07, 6.45) is 4.07. The van der Waals surface area contributed by atoms with E-state index in [1.54, 1.807) is 31.2 Å². The molecule has 3 aliphatic rings. The van der Waals surface area contributed by atoms with Crippen LogP contribution in [0.3, 0.4) is 0 Å². The van der Waals surface area contributed by atoms with E-state index in [1.165, 1.54) is 0 Å². The Balaban J connectivity index is 1.38. The Kier molecular flexibility index (Phi) is 5.16. The zero-order valence-corrected chi connectivity index (χ0v) is 17.2. The number of amides is 7. The third-order valence-electron chi connectivity index (χ3n) is 6.28. The molecule has 4 N–H and O–H groups in total. The first-order valence-corrected chi connectivity index (χ1v) is 10.4. The first kappa shape index (κ1) is 20.8. The number of anilines is 1. The van der Waals surface area contributed by atoms with Crippen molar-refractivity contribution in [1.29, 1.82) is 0 Å². The van der Waals surface area contributed by atoms with Crippen molar-refractivity contribution in [2.75, 3.05) is 11.9 Å². The van der Waals surface area contributed by atoms with Gasteiger partial charge in [-0.25, -0.2) is 9.59 Å². The molecule has 2 aliphatic heterocycles. The van der Waals surface area contributed by atoms with Crippen molar-refractivity contribution in [3.63, 3.8) is 0 Å². The molecular formula is C21H25N5O5. The van der Waals surface area contributed by atoms with Crippen LogP contribution in [-0.4, -0.2) is 46.8 Å². The van der Waals surface area contributed by atoms with Gasteiger partial charge in [-0.15, -0.1) is 0 Å². The molecule has 1 aliphatic carbocycles. The number of nitrogens with one attached hydrogen (secondary N) is 4. The predicted molar refractivity (Wildman–Crippen MR) is 110 cm³/mol. The first-order chi connectivity index (χ1) is 14.7. The first-order valence-electron chi connectivity index (χ1n) is 10.4. The van der Waals surface area contributed by atoms with Crippen LogP contribution in [-0.2, 0) is 19.9 Å². The number of imide groups is 2. The lowest BCUT2D eigenvalue weighted by Gasteiger charge is -2.30. The molecule has 1 aromatic rings. The Morgan fingerprint density at radius 2 is 1.84 bits per heavy atom. The smallest absolute Gasteiger partial charge is 0.325 e. The summed E-state index contributed by atoms with van der Waals surface area (Å²) in [4.78, 5) is 62.3. The minimum atomic E-state index is -1.23. The van der Waals surface area contributed by atoms with Crippen LogP contribution in [0, 0.1) is 0 Å². The molecule has 0 aromatic heterocycles. The Hall–Kier alpha value is -3.43. The third kappa shape index (κ3) is 3.73. The van der Waals surface area contributed by atoms with Crippen molar-refractivity contribution in [3.05, 3.63) is 29.8 Å². The average molecular weight is 427 g/mol. The molecule has 4 rings (SSSR count). The summed E-state index contributed by atoms with van der Waals surface area (Å²) in [5.74, 6) is -1.09. The number of rotatable bonds is 5. The van der Waals surface area contributed by atoms with E-state index in [4.69, 9.17) is 0 Å². The van der Waals surface area contributed by atoms with Gasteiger partial charge in [-0.05, 0) is 37.5 Å². The number of hydrogen-bond acceptors (Lipinski definition) is 5. The van der Waals surface area contributed by atoms with Gasteiger partial charge in [-0.1, -0.05) is 31.4 Å². The predicted octanol–water partition coefficient (Wildman–Crippen LogP) is 1.32. The number of urea groups is 2. The Bertz CT molecular complexity index is 971. The van der Waals surface area contributed by atoms with Crippen LogP contribution in [0.4, 0.5) is 15.3 Å². The SMILES string of the molecule is C[C@@]1(c2cccc(NC(=O)CCN3C(=O)NC4(CCCCC4)C3=O)c2)NC(=O)NC1=O. The maximum absolute atomic E-state index is 12.8. The number of hydrogen-bond donors (Lipinski definition) is 4.